The van der Waals surface area contributed by atoms with Gasteiger partial charge >= 0.3 is 0 Å². The SMILES string of the molecule is Cl.Cl.O=C(Nc1cccc(CN2CCC(CO)CC2)c1)C1CCCN1. The molecule has 1 amide bonds. The fourth-order valence-corrected chi connectivity index (χ4v) is 3.47. The van der Waals surface area contributed by atoms with E-state index in [1.165, 1.54) is 5.56 Å². The molecule has 2 saturated heterocycles. The minimum Gasteiger partial charge on any atom is -0.396 e. The Labute approximate surface area is 162 Å². The second-order valence-electron chi connectivity index (χ2n) is 6.74. The van der Waals surface area contributed by atoms with Crippen LogP contribution in [0.4, 0.5) is 5.69 Å². The summed E-state index contributed by atoms with van der Waals surface area (Å²) in [6.45, 7) is 4.22. The molecule has 25 heavy (non-hydrogen) atoms. The Kier molecular flexibility index (Phi) is 9.75. The first-order valence-corrected chi connectivity index (χ1v) is 8.71. The van der Waals surface area contributed by atoms with Gasteiger partial charge in [-0.1, -0.05) is 12.1 Å². The number of anilines is 1. The summed E-state index contributed by atoms with van der Waals surface area (Å²) in [5.74, 6) is 0.541. The van der Waals surface area contributed by atoms with E-state index < -0.39 is 0 Å². The first kappa shape index (κ1) is 22.2. The van der Waals surface area contributed by atoms with Crippen LogP contribution in [0.25, 0.3) is 0 Å². The van der Waals surface area contributed by atoms with Crippen LogP contribution in [0.15, 0.2) is 24.3 Å². The van der Waals surface area contributed by atoms with E-state index >= 15 is 0 Å². The van der Waals surface area contributed by atoms with E-state index in [9.17, 15) is 9.90 Å². The van der Waals surface area contributed by atoms with Gasteiger partial charge < -0.3 is 15.7 Å². The molecule has 0 radical (unpaired) electrons. The molecule has 5 nitrogen and oxygen atoms in total. The molecule has 2 heterocycles. The summed E-state index contributed by atoms with van der Waals surface area (Å²) in [6, 6.07) is 8.10. The van der Waals surface area contributed by atoms with Crippen LogP contribution in [0.2, 0.25) is 0 Å². The number of carbonyl (C=O) groups excluding carboxylic acids is 1. The highest BCUT2D eigenvalue weighted by atomic mass is 35.5. The van der Waals surface area contributed by atoms with Gasteiger partial charge in [-0.2, -0.15) is 0 Å². The molecule has 1 aromatic rings. The quantitative estimate of drug-likeness (QED) is 0.723. The van der Waals surface area contributed by atoms with Crippen LogP contribution in [0.1, 0.15) is 31.2 Å². The Morgan fingerprint density at radius 3 is 2.64 bits per heavy atom. The van der Waals surface area contributed by atoms with Gasteiger partial charge in [-0.05, 0) is 68.9 Å². The largest absolute Gasteiger partial charge is 0.396 e. The average molecular weight is 390 g/mol. The fraction of sp³-hybridized carbons (Fsp3) is 0.611. The zero-order valence-corrected chi connectivity index (χ0v) is 16.1. The topological polar surface area (TPSA) is 64.6 Å². The van der Waals surface area contributed by atoms with Gasteiger partial charge in [-0.25, -0.2) is 0 Å². The molecule has 0 spiro atoms. The summed E-state index contributed by atoms with van der Waals surface area (Å²) in [4.78, 5) is 14.6. The van der Waals surface area contributed by atoms with Gasteiger partial charge in [0.2, 0.25) is 5.91 Å². The summed E-state index contributed by atoms with van der Waals surface area (Å²) >= 11 is 0. The Bertz CT molecular complexity index is 531. The van der Waals surface area contributed by atoms with Crippen LogP contribution < -0.4 is 10.6 Å². The Balaban J connectivity index is 0.00000156. The summed E-state index contributed by atoms with van der Waals surface area (Å²) in [6.07, 6.45) is 4.13. The maximum atomic E-state index is 12.2. The zero-order chi connectivity index (χ0) is 16.1. The number of aliphatic hydroxyl groups is 1. The number of hydrogen-bond acceptors (Lipinski definition) is 4. The van der Waals surface area contributed by atoms with E-state index in [4.69, 9.17) is 0 Å². The zero-order valence-electron chi connectivity index (χ0n) is 14.4. The highest BCUT2D eigenvalue weighted by Gasteiger charge is 2.22. The molecule has 1 unspecified atom stereocenters. The maximum Gasteiger partial charge on any atom is 0.241 e. The number of rotatable bonds is 5. The van der Waals surface area contributed by atoms with Crippen molar-refractivity contribution in [3.8, 4) is 0 Å². The van der Waals surface area contributed by atoms with Gasteiger partial charge in [0.15, 0.2) is 0 Å². The second kappa shape index (κ2) is 11.0. The summed E-state index contributed by atoms with van der Waals surface area (Å²) in [5, 5.41) is 15.5. The number of likely N-dealkylation sites (tertiary alicyclic amines) is 1. The number of nitrogens with one attached hydrogen (secondary N) is 2. The number of nitrogens with zero attached hydrogens (tertiary/aromatic N) is 1. The first-order valence-electron chi connectivity index (χ1n) is 8.71. The monoisotopic (exact) mass is 389 g/mol. The molecule has 2 aliphatic rings. The summed E-state index contributed by atoms with van der Waals surface area (Å²) in [5.41, 5.74) is 2.11. The van der Waals surface area contributed by atoms with Crippen molar-refractivity contribution in [1.29, 1.82) is 0 Å². The van der Waals surface area contributed by atoms with Crippen molar-refractivity contribution < 1.29 is 9.90 Å². The first-order chi connectivity index (χ1) is 11.2. The predicted octanol–water partition coefficient (Wildman–Crippen LogP) is 2.42. The number of aliphatic hydroxyl groups excluding tert-OH is 1. The van der Waals surface area contributed by atoms with Gasteiger partial charge in [-0.3, -0.25) is 9.69 Å². The van der Waals surface area contributed by atoms with Crippen LogP contribution in [0.5, 0.6) is 0 Å². The highest BCUT2D eigenvalue weighted by molar-refractivity contribution is 5.95. The van der Waals surface area contributed by atoms with E-state index in [1.54, 1.807) is 0 Å². The minimum atomic E-state index is -0.0452. The molecule has 2 aliphatic heterocycles. The molecule has 0 aliphatic carbocycles. The molecule has 0 bridgehead atoms. The maximum absolute atomic E-state index is 12.2. The van der Waals surface area contributed by atoms with Gasteiger partial charge in [0.1, 0.15) is 0 Å². The molecular weight excluding hydrogens is 361 g/mol. The molecule has 3 rings (SSSR count). The molecule has 1 aromatic carbocycles. The van der Waals surface area contributed by atoms with Crippen molar-refractivity contribution in [2.45, 2.75) is 38.3 Å². The van der Waals surface area contributed by atoms with E-state index in [0.717, 1.165) is 57.5 Å². The van der Waals surface area contributed by atoms with E-state index in [2.05, 4.69) is 27.7 Å². The van der Waals surface area contributed by atoms with Crippen molar-refractivity contribution in [3.05, 3.63) is 29.8 Å². The van der Waals surface area contributed by atoms with Crippen molar-refractivity contribution in [1.82, 2.24) is 10.2 Å². The molecular formula is C18H29Cl2N3O2. The van der Waals surface area contributed by atoms with Gasteiger partial charge in [0.05, 0.1) is 6.04 Å². The Morgan fingerprint density at radius 1 is 1.24 bits per heavy atom. The van der Waals surface area contributed by atoms with Crippen LogP contribution >= 0.6 is 24.8 Å². The van der Waals surface area contributed by atoms with E-state index in [1.807, 2.05) is 12.1 Å². The van der Waals surface area contributed by atoms with Gasteiger partial charge in [0, 0.05) is 18.8 Å². The lowest BCUT2D eigenvalue weighted by Gasteiger charge is -2.31. The third-order valence-electron chi connectivity index (χ3n) is 4.94. The normalized spacial score (nSPS) is 21.2. The molecule has 3 N–H and O–H groups in total. The third-order valence-corrected chi connectivity index (χ3v) is 4.94. The lowest BCUT2D eigenvalue weighted by molar-refractivity contribution is -0.117. The standard InChI is InChI=1S/C18H27N3O2.2ClH/c22-13-14-6-9-21(10-7-14)12-15-3-1-4-16(11-15)20-18(23)17-5-2-8-19-17;;/h1,3-4,11,14,17,19,22H,2,5-10,12-13H2,(H,20,23);2*1H. The summed E-state index contributed by atoms with van der Waals surface area (Å²) < 4.78 is 0. The molecule has 1 atom stereocenters. The highest BCUT2D eigenvalue weighted by Crippen LogP contribution is 2.20. The number of hydrogen-bond donors (Lipinski definition) is 3. The molecule has 0 aromatic heterocycles. The van der Waals surface area contributed by atoms with Gasteiger partial charge in [0.25, 0.3) is 0 Å². The fourth-order valence-electron chi connectivity index (χ4n) is 3.47. The minimum absolute atomic E-state index is 0. The van der Waals surface area contributed by atoms with Crippen molar-refractivity contribution in [2.24, 2.45) is 5.92 Å². The van der Waals surface area contributed by atoms with Crippen molar-refractivity contribution in [3.63, 3.8) is 0 Å². The summed E-state index contributed by atoms with van der Waals surface area (Å²) in [7, 11) is 0. The smallest absolute Gasteiger partial charge is 0.241 e. The Hall–Kier alpha value is -0.850. The molecule has 2 fully saturated rings. The van der Waals surface area contributed by atoms with Crippen LogP contribution in [0, 0.1) is 5.92 Å². The lowest BCUT2D eigenvalue weighted by atomic mass is 9.97. The molecule has 142 valence electrons. The van der Waals surface area contributed by atoms with Crippen molar-refractivity contribution in [2.75, 3.05) is 31.6 Å². The van der Waals surface area contributed by atoms with E-state index in [-0.39, 0.29) is 36.8 Å². The van der Waals surface area contributed by atoms with Crippen LogP contribution in [0.3, 0.4) is 0 Å². The number of piperidine rings is 1. The van der Waals surface area contributed by atoms with Crippen molar-refractivity contribution >= 4 is 36.4 Å². The number of benzene rings is 1. The van der Waals surface area contributed by atoms with E-state index in [0.29, 0.717) is 12.5 Å². The number of halogens is 2. The molecule has 7 heteroatoms. The third kappa shape index (κ3) is 6.42. The average Bonchev–Trinajstić information content (AvgIpc) is 3.10. The van der Waals surface area contributed by atoms with Crippen LogP contribution in [-0.2, 0) is 11.3 Å². The Morgan fingerprint density at radius 2 is 2.00 bits per heavy atom. The predicted molar refractivity (Wildman–Crippen MR) is 106 cm³/mol. The number of carbonyl (C=O) groups is 1. The second-order valence-corrected chi connectivity index (χ2v) is 6.74. The number of amides is 1. The lowest BCUT2D eigenvalue weighted by Crippen LogP contribution is -2.35. The van der Waals surface area contributed by atoms with Gasteiger partial charge in [-0.15, -0.1) is 24.8 Å². The van der Waals surface area contributed by atoms with Crippen LogP contribution in [-0.4, -0.2) is 48.2 Å². The molecule has 0 saturated carbocycles.